The third-order valence-electron chi connectivity index (χ3n) is 6.60. The van der Waals surface area contributed by atoms with Gasteiger partial charge in [-0.25, -0.2) is 19.5 Å². The average Bonchev–Trinajstić information content (AvgIpc) is 3.56. The van der Waals surface area contributed by atoms with Crippen molar-refractivity contribution in [2.45, 2.75) is 40.5 Å². The van der Waals surface area contributed by atoms with Crippen LogP contribution in [0.2, 0.25) is 0 Å². The van der Waals surface area contributed by atoms with E-state index in [9.17, 15) is 22.8 Å². The molecule has 2 heterocycles. The number of ether oxygens (including phenoxy) is 1. The van der Waals surface area contributed by atoms with Gasteiger partial charge >= 0.3 is 12.4 Å². The Labute approximate surface area is 255 Å². The van der Waals surface area contributed by atoms with Crippen LogP contribution in [-0.2, 0) is 11.2 Å². The van der Waals surface area contributed by atoms with Gasteiger partial charge in [0.05, 0.1) is 17.1 Å². The molecule has 1 aromatic heterocycles. The van der Waals surface area contributed by atoms with Crippen LogP contribution in [0.1, 0.15) is 29.2 Å². The Hall–Kier alpha value is -4.78. The van der Waals surface area contributed by atoms with Gasteiger partial charge in [0.1, 0.15) is 12.1 Å². The zero-order valence-corrected chi connectivity index (χ0v) is 25.0. The number of halogens is 3. The van der Waals surface area contributed by atoms with Crippen LogP contribution < -0.4 is 9.64 Å². The lowest BCUT2D eigenvalue weighted by atomic mass is 10.0. The number of hydrogen-bond donors (Lipinski definition) is 0. The fraction of sp³-hybridized carbons (Fsp3) is 0.226. The minimum Gasteiger partial charge on any atom is -0.406 e. The third kappa shape index (κ3) is 7.22. The topological polar surface area (TPSA) is 102 Å². The molecule has 1 aliphatic heterocycles. The van der Waals surface area contributed by atoms with Gasteiger partial charge in [0.2, 0.25) is 5.91 Å². The lowest BCUT2D eigenvalue weighted by Crippen LogP contribution is -2.31. The molecule has 44 heavy (non-hydrogen) atoms. The highest BCUT2D eigenvalue weighted by Gasteiger charge is 2.33. The first-order chi connectivity index (χ1) is 20.9. The van der Waals surface area contributed by atoms with Crippen molar-refractivity contribution in [3.05, 3.63) is 89.2 Å². The second kappa shape index (κ2) is 12.4. The second-order valence-corrected chi connectivity index (χ2v) is 11.2. The molecule has 3 amide bonds. The standard InChI is InChI=1S/C31H27F3N6O3S/c1-18-13-19(2)27(20(3)14-18)40-26(41)16-44-30(40)37-29(42)36-21(4)15-22-5-7-23(8-6-22)28-35-17-39(38-28)24-9-11-25(12-10-24)43-31(32,33)34/h5-14,17H,15-16H2,1-4H3. The van der Waals surface area contributed by atoms with Gasteiger partial charge in [-0.1, -0.05) is 53.7 Å². The number of benzene rings is 3. The highest BCUT2D eigenvalue weighted by Crippen LogP contribution is 2.33. The van der Waals surface area contributed by atoms with Gasteiger partial charge in [-0.3, -0.25) is 9.69 Å². The van der Waals surface area contributed by atoms with E-state index in [1.165, 1.54) is 51.9 Å². The Morgan fingerprint density at radius 1 is 1.02 bits per heavy atom. The number of aromatic nitrogens is 3. The summed E-state index contributed by atoms with van der Waals surface area (Å²) in [4.78, 5) is 39.5. The fourth-order valence-corrected chi connectivity index (χ4v) is 5.73. The van der Waals surface area contributed by atoms with E-state index >= 15 is 0 Å². The molecule has 0 unspecified atom stereocenters. The monoisotopic (exact) mass is 620 g/mol. The van der Waals surface area contributed by atoms with Gasteiger partial charge in [0, 0.05) is 17.7 Å². The molecule has 1 saturated heterocycles. The second-order valence-electron chi connectivity index (χ2n) is 10.2. The van der Waals surface area contributed by atoms with Gasteiger partial charge in [-0.15, -0.1) is 18.3 Å². The number of nitrogens with zero attached hydrogens (tertiary/aromatic N) is 6. The average molecular weight is 621 g/mol. The first-order valence-corrected chi connectivity index (χ1v) is 14.4. The van der Waals surface area contributed by atoms with E-state index in [4.69, 9.17) is 0 Å². The van der Waals surface area contributed by atoms with Crippen LogP contribution in [-0.4, -0.2) is 49.7 Å². The Morgan fingerprint density at radius 3 is 2.32 bits per heavy atom. The van der Waals surface area contributed by atoms with Crippen LogP contribution in [0, 0.1) is 20.8 Å². The van der Waals surface area contributed by atoms with Gasteiger partial charge < -0.3 is 4.74 Å². The lowest BCUT2D eigenvalue weighted by Gasteiger charge is -2.21. The number of amidine groups is 1. The number of thioether (sulfide) groups is 1. The number of amides is 3. The summed E-state index contributed by atoms with van der Waals surface area (Å²) in [6.07, 6.45) is -2.90. The molecule has 3 aromatic carbocycles. The van der Waals surface area contributed by atoms with E-state index in [1.807, 2.05) is 57.2 Å². The highest BCUT2D eigenvalue weighted by molar-refractivity contribution is 8.15. The number of urea groups is 1. The predicted octanol–water partition coefficient (Wildman–Crippen LogP) is 7.02. The minimum absolute atomic E-state index is 0.134. The molecule has 0 N–H and O–H groups in total. The molecule has 13 heteroatoms. The smallest absolute Gasteiger partial charge is 0.406 e. The number of anilines is 1. The van der Waals surface area contributed by atoms with Crippen LogP contribution in [0.3, 0.4) is 0 Å². The summed E-state index contributed by atoms with van der Waals surface area (Å²) in [6.45, 7) is 7.59. The van der Waals surface area contributed by atoms with Gasteiger partial charge in [0.15, 0.2) is 11.0 Å². The summed E-state index contributed by atoms with van der Waals surface area (Å²) in [5, 5.41) is 4.72. The quantitative estimate of drug-likeness (QED) is 0.215. The van der Waals surface area contributed by atoms with Crippen molar-refractivity contribution in [1.29, 1.82) is 0 Å². The number of hydrogen-bond acceptors (Lipinski definition) is 6. The summed E-state index contributed by atoms with van der Waals surface area (Å²) in [6, 6.07) is 16.0. The van der Waals surface area contributed by atoms with Crippen LogP contribution in [0.15, 0.2) is 77.0 Å². The van der Waals surface area contributed by atoms with Gasteiger partial charge in [-0.2, -0.15) is 4.99 Å². The largest absolute Gasteiger partial charge is 0.573 e. The normalized spacial score (nSPS) is 14.9. The number of carbonyl (C=O) groups excluding carboxylic acids is 2. The summed E-state index contributed by atoms with van der Waals surface area (Å²) >= 11 is 1.21. The SMILES string of the molecule is CC(Cc1ccc(-c2ncn(-c3ccc(OC(F)(F)F)cc3)n2)cc1)=NC(=O)N=C1SCC(=O)N1c1c(C)cc(C)cc1C. The molecular formula is C31H27F3N6O3S. The molecule has 1 aliphatic rings. The van der Waals surface area contributed by atoms with E-state index < -0.39 is 12.4 Å². The molecule has 5 rings (SSSR count). The zero-order chi connectivity index (χ0) is 31.6. The van der Waals surface area contributed by atoms with E-state index in [2.05, 4.69) is 24.8 Å². The van der Waals surface area contributed by atoms with Crippen molar-refractivity contribution in [1.82, 2.24) is 14.8 Å². The molecule has 226 valence electrons. The molecule has 0 saturated carbocycles. The van der Waals surface area contributed by atoms with E-state index in [0.717, 1.165) is 33.5 Å². The van der Waals surface area contributed by atoms with Crippen molar-refractivity contribution >= 4 is 40.3 Å². The lowest BCUT2D eigenvalue weighted by molar-refractivity contribution is -0.274. The first kappa shape index (κ1) is 30.7. The third-order valence-corrected chi connectivity index (χ3v) is 7.52. The van der Waals surface area contributed by atoms with E-state index in [1.54, 1.807) is 6.92 Å². The Morgan fingerprint density at radius 2 is 1.68 bits per heavy atom. The van der Waals surface area contributed by atoms with Crippen molar-refractivity contribution in [3.63, 3.8) is 0 Å². The molecule has 9 nitrogen and oxygen atoms in total. The number of aliphatic imine (C=N–C) groups is 2. The number of alkyl halides is 3. The van der Waals surface area contributed by atoms with Crippen LogP contribution in [0.25, 0.3) is 17.1 Å². The first-order valence-electron chi connectivity index (χ1n) is 13.4. The van der Waals surface area contributed by atoms with Crippen molar-refractivity contribution < 1.29 is 27.5 Å². The number of aryl methyl sites for hydroxylation is 3. The molecule has 0 spiro atoms. The summed E-state index contributed by atoms with van der Waals surface area (Å²) in [5.74, 6) is 0.164. The molecular weight excluding hydrogens is 593 g/mol. The summed E-state index contributed by atoms with van der Waals surface area (Å²) in [5.41, 5.74) is 6.38. The Balaban J connectivity index is 1.24. The Bertz CT molecular complexity index is 1760. The Kier molecular flexibility index (Phi) is 8.68. The van der Waals surface area contributed by atoms with Crippen LogP contribution >= 0.6 is 11.8 Å². The fourth-order valence-electron chi connectivity index (χ4n) is 4.89. The highest BCUT2D eigenvalue weighted by atomic mass is 32.2. The molecule has 4 aromatic rings. The molecule has 1 fully saturated rings. The van der Waals surface area contributed by atoms with Crippen molar-refractivity contribution in [3.8, 4) is 22.8 Å². The predicted molar refractivity (Wildman–Crippen MR) is 164 cm³/mol. The van der Waals surface area contributed by atoms with E-state index in [-0.39, 0.29) is 17.4 Å². The molecule has 0 aliphatic carbocycles. The van der Waals surface area contributed by atoms with Crippen LogP contribution in [0.5, 0.6) is 5.75 Å². The maximum atomic E-state index is 12.7. The van der Waals surface area contributed by atoms with Crippen molar-refractivity contribution in [2.75, 3.05) is 10.7 Å². The molecule has 0 radical (unpaired) electrons. The summed E-state index contributed by atoms with van der Waals surface area (Å²) in [7, 11) is 0. The van der Waals surface area contributed by atoms with E-state index in [0.29, 0.717) is 28.8 Å². The number of rotatable bonds is 6. The maximum Gasteiger partial charge on any atom is 0.573 e. The maximum absolute atomic E-state index is 12.7. The molecule has 0 bridgehead atoms. The minimum atomic E-state index is -4.76. The van der Waals surface area contributed by atoms with Gasteiger partial charge in [0.25, 0.3) is 0 Å². The molecule has 0 atom stereocenters. The summed E-state index contributed by atoms with van der Waals surface area (Å²) < 4.78 is 42.6. The number of carbonyl (C=O) groups is 2. The zero-order valence-electron chi connectivity index (χ0n) is 24.2. The van der Waals surface area contributed by atoms with Crippen molar-refractivity contribution in [2.24, 2.45) is 9.98 Å². The van der Waals surface area contributed by atoms with Gasteiger partial charge in [-0.05, 0) is 68.7 Å². The van der Waals surface area contributed by atoms with Crippen LogP contribution in [0.4, 0.5) is 23.7 Å².